The zero-order chi connectivity index (χ0) is 17.9. The van der Waals surface area contributed by atoms with Gasteiger partial charge in [0.15, 0.2) is 5.82 Å². The lowest BCUT2D eigenvalue weighted by molar-refractivity contribution is -0.116. The molecule has 6 nitrogen and oxygen atoms in total. The Morgan fingerprint density at radius 1 is 1.23 bits per heavy atom. The zero-order valence-corrected chi connectivity index (χ0v) is 14.8. The van der Waals surface area contributed by atoms with Crippen molar-refractivity contribution in [2.24, 2.45) is 0 Å². The van der Waals surface area contributed by atoms with E-state index in [1.165, 1.54) is 11.3 Å². The third-order valence-electron chi connectivity index (χ3n) is 4.77. The van der Waals surface area contributed by atoms with Crippen LogP contribution in [0.5, 0.6) is 0 Å². The topological polar surface area (TPSA) is 63.3 Å². The summed E-state index contributed by atoms with van der Waals surface area (Å²) in [5.41, 5.74) is 2.52. The summed E-state index contributed by atoms with van der Waals surface area (Å²) in [5.74, 6) is 1.10. The molecular weight excluding hydrogens is 328 g/mol. The van der Waals surface area contributed by atoms with Gasteiger partial charge in [-0.05, 0) is 24.6 Å². The van der Waals surface area contributed by atoms with E-state index in [-0.39, 0.29) is 11.9 Å². The zero-order valence-electron chi connectivity index (χ0n) is 14.8. The van der Waals surface area contributed by atoms with Crippen LogP contribution < -0.4 is 5.32 Å². The Kier molecular flexibility index (Phi) is 4.58. The summed E-state index contributed by atoms with van der Waals surface area (Å²) >= 11 is 0. The van der Waals surface area contributed by atoms with E-state index >= 15 is 0 Å². The number of carbonyl (C=O) groups is 1. The number of fused-ring (bicyclic) bond motifs is 1. The molecular formula is C20H22N4O2. The number of hydrogen-bond acceptors (Lipinski definition) is 4. The van der Waals surface area contributed by atoms with Crippen molar-refractivity contribution in [3.63, 3.8) is 0 Å². The Hall–Kier alpha value is -2.86. The molecule has 26 heavy (non-hydrogen) atoms. The fourth-order valence-electron chi connectivity index (χ4n) is 3.57. The minimum Gasteiger partial charge on any atom is -0.360 e. The summed E-state index contributed by atoms with van der Waals surface area (Å²) in [4.78, 5) is 14.7. The molecule has 0 fully saturated rings. The number of amides is 1. The Morgan fingerprint density at radius 2 is 2.08 bits per heavy atom. The van der Waals surface area contributed by atoms with E-state index in [2.05, 4.69) is 62.5 Å². The Labute approximate surface area is 152 Å². The average molecular weight is 350 g/mol. The van der Waals surface area contributed by atoms with Crippen LogP contribution in [0.25, 0.3) is 0 Å². The fraction of sp³-hybridized carbons (Fsp3) is 0.300. The number of benzene rings is 1. The molecule has 1 aromatic carbocycles. The van der Waals surface area contributed by atoms with E-state index in [0.29, 0.717) is 24.5 Å². The van der Waals surface area contributed by atoms with Gasteiger partial charge in [-0.3, -0.25) is 9.69 Å². The molecule has 4 rings (SSSR count). The Morgan fingerprint density at radius 3 is 2.85 bits per heavy atom. The first-order chi connectivity index (χ1) is 12.7. The number of nitrogens with one attached hydrogen (secondary N) is 1. The van der Waals surface area contributed by atoms with Gasteiger partial charge in [0.1, 0.15) is 5.76 Å². The molecule has 1 atom stereocenters. The molecule has 0 unspecified atom stereocenters. The van der Waals surface area contributed by atoms with Crippen molar-refractivity contribution in [2.45, 2.75) is 25.9 Å². The maximum atomic E-state index is 12.3. The number of aromatic nitrogens is 2. The van der Waals surface area contributed by atoms with E-state index < -0.39 is 0 Å². The minimum absolute atomic E-state index is 0.0499. The van der Waals surface area contributed by atoms with Crippen LogP contribution in [0.2, 0.25) is 0 Å². The molecule has 3 aromatic rings. The van der Waals surface area contributed by atoms with Crippen molar-refractivity contribution in [1.82, 2.24) is 14.6 Å². The van der Waals surface area contributed by atoms with Crippen LogP contribution in [0, 0.1) is 6.92 Å². The highest BCUT2D eigenvalue weighted by Crippen LogP contribution is 2.32. The van der Waals surface area contributed by atoms with Crippen molar-refractivity contribution in [3.05, 3.63) is 71.7 Å². The minimum atomic E-state index is -0.0499. The van der Waals surface area contributed by atoms with Gasteiger partial charge in [-0.2, -0.15) is 0 Å². The van der Waals surface area contributed by atoms with E-state index in [4.69, 9.17) is 4.52 Å². The average Bonchev–Trinajstić information content (AvgIpc) is 3.29. The second-order valence-electron chi connectivity index (χ2n) is 6.60. The van der Waals surface area contributed by atoms with E-state index in [9.17, 15) is 4.79 Å². The van der Waals surface area contributed by atoms with Crippen molar-refractivity contribution in [1.29, 1.82) is 0 Å². The van der Waals surface area contributed by atoms with Gasteiger partial charge in [0.2, 0.25) is 5.91 Å². The summed E-state index contributed by atoms with van der Waals surface area (Å²) in [6, 6.07) is 16.6. The van der Waals surface area contributed by atoms with E-state index in [1.807, 2.05) is 6.07 Å². The smallest absolute Gasteiger partial charge is 0.226 e. The number of hydrogen-bond donors (Lipinski definition) is 1. The van der Waals surface area contributed by atoms with Gasteiger partial charge in [0, 0.05) is 44.0 Å². The monoisotopic (exact) mass is 350 g/mol. The predicted molar refractivity (Wildman–Crippen MR) is 98.8 cm³/mol. The van der Waals surface area contributed by atoms with Gasteiger partial charge in [-0.1, -0.05) is 35.5 Å². The quantitative estimate of drug-likeness (QED) is 0.767. The molecule has 2 aromatic heterocycles. The molecule has 1 amide bonds. The molecule has 1 aliphatic heterocycles. The van der Waals surface area contributed by atoms with Crippen LogP contribution in [0.3, 0.4) is 0 Å². The highest BCUT2D eigenvalue weighted by molar-refractivity contribution is 5.89. The fourth-order valence-corrected chi connectivity index (χ4v) is 3.57. The molecule has 0 bridgehead atoms. The number of aryl methyl sites for hydroxylation is 1. The first kappa shape index (κ1) is 16.6. The van der Waals surface area contributed by atoms with Gasteiger partial charge >= 0.3 is 0 Å². The molecule has 1 aliphatic rings. The van der Waals surface area contributed by atoms with Gasteiger partial charge in [0.05, 0.1) is 6.04 Å². The van der Waals surface area contributed by atoms with Gasteiger partial charge < -0.3 is 14.4 Å². The molecule has 0 aliphatic carbocycles. The van der Waals surface area contributed by atoms with Crippen LogP contribution in [0.4, 0.5) is 5.82 Å². The lowest BCUT2D eigenvalue weighted by atomic mass is 10.00. The SMILES string of the molecule is Cc1cc(NC(=O)CCN2CCn3cccc3[C@@H]2c2ccccc2)no1. The number of nitrogens with zero attached hydrogens (tertiary/aromatic N) is 3. The standard InChI is InChI=1S/C20H22N4O2/c1-15-14-18(22-26-15)21-19(25)9-11-24-13-12-23-10-5-8-17(23)20(24)16-6-3-2-4-7-16/h2-8,10,14,20H,9,11-13H2,1H3,(H,21,22,25)/t20-/m0/s1. The first-order valence-electron chi connectivity index (χ1n) is 8.88. The van der Waals surface area contributed by atoms with Crippen molar-refractivity contribution in [2.75, 3.05) is 18.4 Å². The van der Waals surface area contributed by atoms with Crippen molar-refractivity contribution < 1.29 is 9.32 Å². The molecule has 0 saturated heterocycles. The van der Waals surface area contributed by atoms with Crippen LogP contribution in [-0.4, -0.2) is 33.6 Å². The summed E-state index contributed by atoms with van der Waals surface area (Å²) < 4.78 is 7.29. The number of rotatable bonds is 5. The highest BCUT2D eigenvalue weighted by Gasteiger charge is 2.28. The first-order valence-corrected chi connectivity index (χ1v) is 8.88. The van der Waals surface area contributed by atoms with Crippen molar-refractivity contribution in [3.8, 4) is 0 Å². The van der Waals surface area contributed by atoms with Gasteiger partial charge in [-0.15, -0.1) is 0 Å². The highest BCUT2D eigenvalue weighted by atomic mass is 16.5. The van der Waals surface area contributed by atoms with Crippen LogP contribution in [-0.2, 0) is 11.3 Å². The lowest BCUT2D eigenvalue weighted by Gasteiger charge is -2.37. The largest absolute Gasteiger partial charge is 0.360 e. The van der Waals surface area contributed by atoms with Crippen molar-refractivity contribution >= 4 is 11.7 Å². The second kappa shape index (κ2) is 7.17. The van der Waals surface area contributed by atoms with Crippen LogP contribution in [0.15, 0.2) is 59.3 Å². The summed E-state index contributed by atoms with van der Waals surface area (Å²) in [5, 5.41) is 6.61. The third-order valence-corrected chi connectivity index (χ3v) is 4.77. The van der Waals surface area contributed by atoms with E-state index in [0.717, 1.165) is 13.1 Å². The van der Waals surface area contributed by atoms with Crippen LogP contribution in [0.1, 0.15) is 29.5 Å². The summed E-state index contributed by atoms with van der Waals surface area (Å²) in [6.45, 7) is 4.34. The lowest BCUT2D eigenvalue weighted by Crippen LogP contribution is -2.39. The molecule has 0 radical (unpaired) electrons. The molecule has 134 valence electrons. The Bertz CT molecular complexity index is 884. The third kappa shape index (κ3) is 3.41. The number of carbonyl (C=O) groups excluding carboxylic acids is 1. The molecule has 0 saturated carbocycles. The molecule has 3 heterocycles. The summed E-state index contributed by atoms with van der Waals surface area (Å²) in [7, 11) is 0. The normalized spacial score (nSPS) is 17.0. The van der Waals surface area contributed by atoms with Crippen LogP contribution >= 0.6 is 0 Å². The summed E-state index contributed by atoms with van der Waals surface area (Å²) in [6.07, 6.45) is 2.54. The second-order valence-corrected chi connectivity index (χ2v) is 6.60. The molecule has 0 spiro atoms. The molecule has 1 N–H and O–H groups in total. The maximum absolute atomic E-state index is 12.3. The maximum Gasteiger partial charge on any atom is 0.226 e. The predicted octanol–water partition coefficient (Wildman–Crippen LogP) is 3.22. The number of anilines is 1. The Balaban J connectivity index is 1.47. The van der Waals surface area contributed by atoms with Gasteiger partial charge in [0.25, 0.3) is 0 Å². The van der Waals surface area contributed by atoms with Gasteiger partial charge in [-0.25, -0.2) is 0 Å². The molecule has 6 heteroatoms. The van der Waals surface area contributed by atoms with E-state index in [1.54, 1.807) is 13.0 Å².